The number of hydrogen-bond donors (Lipinski definition) is 0. The molecule has 1 aromatic carbocycles. The average molecular weight is 283 g/mol. The molecule has 0 saturated carbocycles. The SMILES string of the molecule is CC(=O)Cc1ncn2c1CN(C)C(=O)c1cc(C)ccc1-2. The Morgan fingerprint density at radius 1 is 1.38 bits per heavy atom. The van der Waals surface area contributed by atoms with Crippen molar-refractivity contribution in [3.8, 4) is 5.69 Å². The summed E-state index contributed by atoms with van der Waals surface area (Å²) in [5.74, 6) is 0.0602. The van der Waals surface area contributed by atoms with Crippen LogP contribution in [0.2, 0.25) is 0 Å². The van der Waals surface area contributed by atoms with E-state index in [2.05, 4.69) is 4.98 Å². The minimum absolute atomic E-state index is 0.00817. The number of hydrogen-bond acceptors (Lipinski definition) is 3. The van der Waals surface area contributed by atoms with E-state index in [0.717, 1.165) is 22.6 Å². The van der Waals surface area contributed by atoms with Crippen molar-refractivity contribution in [1.29, 1.82) is 0 Å². The summed E-state index contributed by atoms with van der Waals surface area (Å²) in [6, 6.07) is 5.81. The Balaban J connectivity index is 2.21. The maximum Gasteiger partial charge on any atom is 0.256 e. The summed E-state index contributed by atoms with van der Waals surface area (Å²) < 4.78 is 1.93. The van der Waals surface area contributed by atoms with Crippen LogP contribution in [0.15, 0.2) is 24.5 Å². The zero-order valence-corrected chi connectivity index (χ0v) is 12.4. The molecule has 21 heavy (non-hydrogen) atoms. The van der Waals surface area contributed by atoms with Gasteiger partial charge in [-0.3, -0.25) is 9.59 Å². The van der Waals surface area contributed by atoms with Crippen molar-refractivity contribution in [3.63, 3.8) is 0 Å². The summed E-state index contributed by atoms with van der Waals surface area (Å²) in [6.45, 7) is 3.97. The fraction of sp³-hybridized carbons (Fsp3) is 0.312. The first-order valence-corrected chi connectivity index (χ1v) is 6.88. The van der Waals surface area contributed by atoms with Gasteiger partial charge in [0.1, 0.15) is 5.78 Å². The van der Waals surface area contributed by atoms with Crippen molar-refractivity contribution < 1.29 is 9.59 Å². The molecule has 1 aromatic heterocycles. The molecule has 0 fully saturated rings. The van der Waals surface area contributed by atoms with Crippen LogP contribution in [0.25, 0.3) is 5.69 Å². The lowest BCUT2D eigenvalue weighted by molar-refractivity contribution is -0.116. The number of ketones is 1. The molecule has 5 heteroatoms. The first-order chi connectivity index (χ1) is 9.97. The lowest BCUT2D eigenvalue weighted by Gasteiger charge is -2.14. The van der Waals surface area contributed by atoms with E-state index in [-0.39, 0.29) is 11.7 Å². The number of Topliss-reactive ketones (excluding diaryl/α,β-unsaturated/α-hetero) is 1. The number of carbonyl (C=O) groups is 2. The topological polar surface area (TPSA) is 55.2 Å². The maximum atomic E-state index is 12.5. The van der Waals surface area contributed by atoms with Crippen LogP contribution in [-0.2, 0) is 17.8 Å². The van der Waals surface area contributed by atoms with Crippen LogP contribution in [0.3, 0.4) is 0 Å². The molecule has 0 saturated heterocycles. The minimum atomic E-state index is -0.00817. The Bertz CT molecular complexity index is 746. The standard InChI is InChI=1S/C16H17N3O2/c1-10-4-5-14-12(6-10)16(21)18(3)8-15-13(7-11(2)20)17-9-19(14)15/h4-6,9H,7-8H2,1-3H3. The van der Waals surface area contributed by atoms with Gasteiger partial charge in [0.15, 0.2) is 0 Å². The fourth-order valence-corrected chi connectivity index (χ4v) is 2.70. The summed E-state index contributed by atoms with van der Waals surface area (Å²) in [6.07, 6.45) is 2.00. The number of aryl methyl sites for hydroxylation is 1. The van der Waals surface area contributed by atoms with E-state index in [0.29, 0.717) is 18.5 Å². The maximum absolute atomic E-state index is 12.5. The molecule has 108 valence electrons. The van der Waals surface area contributed by atoms with Gasteiger partial charge in [-0.15, -0.1) is 0 Å². The van der Waals surface area contributed by atoms with Gasteiger partial charge >= 0.3 is 0 Å². The zero-order valence-electron chi connectivity index (χ0n) is 12.4. The fourth-order valence-electron chi connectivity index (χ4n) is 2.70. The zero-order chi connectivity index (χ0) is 15.1. The number of fused-ring (bicyclic) bond motifs is 3. The van der Waals surface area contributed by atoms with E-state index >= 15 is 0 Å². The highest BCUT2D eigenvalue weighted by Crippen LogP contribution is 2.26. The van der Waals surface area contributed by atoms with Crippen molar-refractivity contribution in [2.24, 2.45) is 0 Å². The molecular weight excluding hydrogens is 266 g/mol. The highest BCUT2D eigenvalue weighted by molar-refractivity contribution is 5.98. The Morgan fingerprint density at radius 2 is 2.14 bits per heavy atom. The van der Waals surface area contributed by atoms with E-state index < -0.39 is 0 Å². The summed E-state index contributed by atoms with van der Waals surface area (Å²) in [5.41, 5.74) is 4.19. The summed E-state index contributed by atoms with van der Waals surface area (Å²) in [7, 11) is 1.77. The van der Waals surface area contributed by atoms with Crippen LogP contribution in [0.1, 0.15) is 34.2 Å². The Kier molecular flexibility index (Phi) is 3.12. The summed E-state index contributed by atoms with van der Waals surface area (Å²) in [4.78, 5) is 29.9. The lowest BCUT2D eigenvalue weighted by Crippen LogP contribution is -2.25. The molecule has 0 bridgehead atoms. The number of carbonyl (C=O) groups excluding carboxylic acids is 2. The molecule has 2 aromatic rings. The van der Waals surface area contributed by atoms with Crippen LogP contribution in [0.5, 0.6) is 0 Å². The van der Waals surface area contributed by atoms with Crippen molar-refractivity contribution >= 4 is 11.7 Å². The van der Waals surface area contributed by atoms with Crippen LogP contribution >= 0.6 is 0 Å². The Morgan fingerprint density at radius 3 is 2.86 bits per heavy atom. The second-order valence-electron chi connectivity index (χ2n) is 5.57. The second-order valence-corrected chi connectivity index (χ2v) is 5.57. The van der Waals surface area contributed by atoms with Gasteiger partial charge in [0.2, 0.25) is 0 Å². The quantitative estimate of drug-likeness (QED) is 0.846. The molecule has 1 aliphatic heterocycles. The van der Waals surface area contributed by atoms with Gasteiger partial charge < -0.3 is 9.47 Å². The van der Waals surface area contributed by atoms with Crippen LogP contribution in [0, 0.1) is 6.92 Å². The molecule has 0 atom stereocenters. The van der Waals surface area contributed by atoms with Gasteiger partial charge in [-0.05, 0) is 26.0 Å². The van der Waals surface area contributed by atoms with Crippen LogP contribution in [0.4, 0.5) is 0 Å². The molecule has 0 spiro atoms. The second kappa shape index (κ2) is 4.84. The molecule has 0 aliphatic carbocycles. The lowest BCUT2D eigenvalue weighted by atomic mass is 10.1. The summed E-state index contributed by atoms with van der Waals surface area (Å²) in [5, 5.41) is 0. The molecular formula is C16H17N3O2. The summed E-state index contributed by atoms with van der Waals surface area (Å²) >= 11 is 0. The average Bonchev–Trinajstić information content (AvgIpc) is 2.75. The van der Waals surface area contributed by atoms with Crippen molar-refractivity contribution in [3.05, 3.63) is 47.0 Å². The van der Waals surface area contributed by atoms with E-state index in [1.807, 2.05) is 29.7 Å². The molecule has 3 rings (SSSR count). The van der Waals surface area contributed by atoms with Gasteiger partial charge in [-0.25, -0.2) is 4.98 Å². The highest BCUT2D eigenvalue weighted by atomic mass is 16.2. The smallest absolute Gasteiger partial charge is 0.256 e. The number of imidazole rings is 1. The molecule has 5 nitrogen and oxygen atoms in total. The predicted octanol–water partition coefficient (Wildman–Crippen LogP) is 1.90. The molecule has 1 amide bonds. The van der Waals surface area contributed by atoms with E-state index in [1.165, 1.54) is 0 Å². The van der Waals surface area contributed by atoms with Crippen molar-refractivity contribution in [2.45, 2.75) is 26.8 Å². The van der Waals surface area contributed by atoms with E-state index in [9.17, 15) is 9.59 Å². The van der Waals surface area contributed by atoms with Gasteiger partial charge in [-0.2, -0.15) is 0 Å². The number of benzene rings is 1. The number of aromatic nitrogens is 2. The molecule has 0 N–H and O–H groups in total. The van der Waals surface area contributed by atoms with Gasteiger partial charge in [0, 0.05) is 7.05 Å². The molecule has 0 radical (unpaired) electrons. The largest absolute Gasteiger partial charge is 0.336 e. The number of nitrogens with zero attached hydrogens (tertiary/aromatic N) is 3. The first-order valence-electron chi connectivity index (χ1n) is 6.88. The van der Waals surface area contributed by atoms with Crippen LogP contribution < -0.4 is 0 Å². The first kappa shape index (κ1) is 13.5. The number of amides is 1. The molecule has 2 heterocycles. The van der Waals surface area contributed by atoms with Crippen molar-refractivity contribution in [1.82, 2.24) is 14.5 Å². The normalized spacial score (nSPS) is 13.7. The third kappa shape index (κ3) is 2.24. The highest BCUT2D eigenvalue weighted by Gasteiger charge is 2.26. The third-order valence-corrected chi connectivity index (χ3v) is 3.74. The Labute approximate surface area is 123 Å². The van der Waals surface area contributed by atoms with Gasteiger partial charge in [-0.1, -0.05) is 11.6 Å². The van der Waals surface area contributed by atoms with E-state index in [4.69, 9.17) is 0 Å². The monoisotopic (exact) mass is 283 g/mol. The van der Waals surface area contributed by atoms with Crippen LogP contribution in [-0.4, -0.2) is 33.2 Å². The van der Waals surface area contributed by atoms with Crippen molar-refractivity contribution in [2.75, 3.05) is 7.05 Å². The predicted molar refractivity (Wildman–Crippen MR) is 78.5 cm³/mol. The third-order valence-electron chi connectivity index (χ3n) is 3.74. The number of rotatable bonds is 2. The Hall–Kier alpha value is -2.43. The minimum Gasteiger partial charge on any atom is -0.336 e. The van der Waals surface area contributed by atoms with Gasteiger partial charge in [0.25, 0.3) is 5.91 Å². The molecule has 1 aliphatic rings. The van der Waals surface area contributed by atoms with E-state index in [1.54, 1.807) is 25.2 Å². The molecule has 0 unspecified atom stereocenters. The van der Waals surface area contributed by atoms with Gasteiger partial charge in [0.05, 0.1) is 41.9 Å².